The standard InChI is InChI=1S/C14H17BrN2OS2/c1-14(2,19-3)7-17-13(18)12-11(16)9-6-8(15)4-5-10(9)20-12/h4-6H,7,16H2,1-3H3,(H,17,18). The topological polar surface area (TPSA) is 55.1 Å². The fraction of sp³-hybridized carbons (Fsp3) is 0.357. The molecule has 108 valence electrons. The third kappa shape index (κ3) is 3.30. The summed E-state index contributed by atoms with van der Waals surface area (Å²) in [6.45, 7) is 4.82. The van der Waals surface area contributed by atoms with Crippen LogP contribution in [0.3, 0.4) is 0 Å². The van der Waals surface area contributed by atoms with Gasteiger partial charge in [0.15, 0.2) is 0 Å². The van der Waals surface area contributed by atoms with Crippen LogP contribution in [-0.4, -0.2) is 23.5 Å². The smallest absolute Gasteiger partial charge is 0.263 e. The van der Waals surface area contributed by atoms with Crippen molar-refractivity contribution in [3.8, 4) is 0 Å². The summed E-state index contributed by atoms with van der Waals surface area (Å²) in [6.07, 6.45) is 2.04. The molecule has 0 saturated heterocycles. The first-order chi connectivity index (χ1) is 9.34. The number of nitrogens with two attached hydrogens (primary N) is 1. The van der Waals surface area contributed by atoms with Crippen LogP contribution >= 0.6 is 39.0 Å². The molecule has 3 N–H and O–H groups in total. The molecule has 0 fully saturated rings. The number of carbonyl (C=O) groups excluding carboxylic acids is 1. The molecule has 20 heavy (non-hydrogen) atoms. The highest BCUT2D eigenvalue weighted by Gasteiger charge is 2.20. The monoisotopic (exact) mass is 372 g/mol. The number of hydrogen-bond donors (Lipinski definition) is 2. The minimum atomic E-state index is -0.0954. The fourth-order valence-electron chi connectivity index (χ4n) is 1.70. The fourth-order valence-corrected chi connectivity index (χ4v) is 3.30. The summed E-state index contributed by atoms with van der Waals surface area (Å²) >= 11 is 6.59. The molecular formula is C14H17BrN2OS2. The Morgan fingerprint density at radius 2 is 2.20 bits per heavy atom. The molecule has 2 rings (SSSR count). The van der Waals surface area contributed by atoms with E-state index in [1.54, 1.807) is 11.8 Å². The first kappa shape index (κ1) is 15.7. The van der Waals surface area contributed by atoms with Crippen LogP contribution in [0.2, 0.25) is 0 Å². The molecule has 1 heterocycles. The number of benzene rings is 1. The van der Waals surface area contributed by atoms with Gasteiger partial charge in [0, 0.05) is 25.9 Å². The number of halogens is 1. The molecule has 0 spiro atoms. The minimum Gasteiger partial charge on any atom is -0.397 e. The van der Waals surface area contributed by atoms with Crippen LogP contribution in [0.25, 0.3) is 10.1 Å². The number of hydrogen-bond acceptors (Lipinski definition) is 4. The Kier molecular flexibility index (Phi) is 4.66. The SMILES string of the molecule is CSC(C)(C)CNC(=O)c1sc2ccc(Br)cc2c1N. The summed E-state index contributed by atoms with van der Waals surface area (Å²) in [5.41, 5.74) is 6.67. The molecular weight excluding hydrogens is 356 g/mol. The van der Waals surface area contributed by atoms with Crippen molar-refractivity contribution in [1.29, 1.82) is 0 Å². The molecule has 0 saturated carbocycles. The number of anilines is 1. The average molecular weight is 373 g/mol. The lowest BCUT2D eigenvalue weighted by Gasteiger charge is -2.22. The largest absolute Gasteiger partial charge is 0.397 e. The lowest BCUT2D eigenvalue weighted by Crippen LogP contribution is -2.35. The number of carbonyl (C=O) groups is 1. The van der Waals surface area contributed by atoms with E-state index in [2.05, 4.69) is 35.1 Å². The summed E-state index contributed by atoms with van der Waals surface area (Å²) in [5.74, 6) is -0.0954. The highest BCUT2D eigenvalue weighted by molar-refractivity contribution is 9.10. The van der Waals surface area contributed by atoms with Gasteiger partial charge in [-0.15, -0.1) is 11.3 Å². The van der Waals surface area contributed by atoms with E-state index in [1.807, 2.05) is 24.5 Å². The molecule has 0 atom stereocenters. The Morgan fingerprint density at radius 1 is 1.50 bits per heavy atom. The maximum atomic E-state index is 12.3. The zero-order valence-electron chi connectivity index (χ0n) is 11.6. The Morgan fingerprint density at radius 3 is 2.85 bits per heavy atom. The van der Waals surface area contributed by atoms with Crippen LogP contribution < -0.4 is 11.1 Å². The van der Waals surface area contributed by atoms with Gasteiger partial charge in [-0.2, -0.15) is 11.8 Å². The predicted molar refractivity (Wildman–Crippen MR) is 93.9 cm³/mol. The van der Waals surface area contributed by atoms with Crippen LogP contribution in [0.5, 0.6) is 0 Å². The van der Waals surface area contributed by atoms with E-state index in [4.69, 9.17) is 5.73 Å². The predicted octanol–water partition coefficient (Wildman–Crippen LogP) is 4.12. The Hall–Kier alpha value is -0.720. The molecule has 3 nitrogen and oxygen atoms in total. The first-order valence-electron chi connectivity index (χ1n) is 6.15. The van der Waals surface area contributed by atoms with Crippen molar-refractivity contribution in [1.82, 2.24) is 5.32 Å². The van der Waals surface area contributed by atoms with Gasteiger partial charge in [-0.1, -0.05) is 15.9 Å². The van der Waals surface area contributed by atoms with Gasteiger partial charge in [0.25, 0.3) is 5.91 Å². The van der Waals surface area contributed by atoms with Crippen LogP contribution in [0, 0.1) is 0 Å². The summed E-state index contributed by atoms with van der Waals surface area (Å²) in [6, 6.07) is 5.88. The van der Waals surface area contributed by atoms with Crippen LogP contribution in [0.4, 0.5) is 5.69 Å². The van der Waals surface area contributed by atoms with Crippen molar-refractivity contribution < 1.29 is 4.79 Å². The molecule has 1 amide bonds. The van der Waals surface area contributed by atoms with Gasteiger partial charge in [0.1, 0.15) is 4.88 Å². The van der Waals surface area contributed by atoms with Crippen LogP contribution in [-0.2, 0) is 0 Å². The zero-order chi connectivity index (χ0) is 14.9. The van der Waals surface area contributed by atoms with Crippen molar-refractivity contribution in [3.63, 3.8) is 0 Å². The van der Waals surface area contributed by atoms with Gasteiger partial charge in [0.05, 0.1) is 5.69 Å². The van der Waals surface area contributed by atoms with Gasteiger partial charge in [-0.05, 0) is 38.3 Å². The molecule has 0 bridgehead atoms. The van der Waals surface area contributed by atoms with E-state index in [-0.39, 0.29) is 10.7 Å². The van der Waals surface area contributed by atoms with E-state index >= 15 is 0 Å². The number of amides is 1. The molecule has 6 heteroatoms. The molecule has 0 aliphatic rings. The zero-order valence-corrected chi connectivity index (χ0v) is 14.8. The number of nitrogens with one attached hydrogen (secondary N) is 1. The summed E-state index contributed by atoms with van der Waals surface area (Å²) in [4.78, 5) is 12.9. The highest BCUT2D eigenvalue weighted by atomic mass is 79.9. The highest BCUT2D eigenvalue weighted by Crippen LogP contribution is 2.35. The number of fused-ring (bicyclic) bond motifs is 1. The van der Waals surface area contributed by atoms with E-state index < -0.39 is 0 Å². The van der Waals surface area contributed by atoms with Crippen molar-refractivity contribution in [2.75, 3.05) is 18.5 Å². The Bertz CT molecular complexity index is 652. The first-order valence-corrected chi connectivity index (χ1v) is 8.98. The van der Waals surface area contributed by atoms with E-state index in [9.17, 15) is 4.79 Å². The molecule has 0 unspecified atom stereocenters. The molecule has 0 radical (unpaired) electrons. The molecule has 1 aromatic heterocycles. The van der Waals surface area contributed by atoms with Gasteiger partial charge in [-0.3, -0.25) is 4.79 Å². The van der Waals surface area contributed by atoms with Gasteiger partial charge in [0.2, 0.25) is 0 Å². The average Bonchev–Trinajstić information content (AvgIpc) is 2.74. The van der Waals surface area contributed by atoms with Crippen molar-refractivity contribution >= 4 is 60.7 Å². The molecule has 1 aromatic carbocycles. The maximum Gasteiger partial charge on any atom is 0.263 e. The maximum absolute atomic E-state index is 12.3. The lowest BCUT2D eigenvalue weighted by molar-refractivity contribution is 0.0955. The number of rotatable bonds is 4. The number of nitrogen functional groups attached to an aromatic ring is 1. The van der Waals surface area contributed by atoms with Crippen molar-refractivity contribution in [2.24, 2.45) is 0 Å². The third-order valence-electron chi connectivity index (χ3n) is 3.12. The van der Waals surface area contributed by atoms with Crippen LogP contribution in [0.15, 0.2) is 22.7 Å². The van der Waals surface area contributed by atoms with E-state index in [0.717, 1.165) is 14.6 Å². The van der Waals surface area contributed by atoms with Crippen molar-refractivity contribution in [3.05, 3.63) is 27.5 Å². The lowest BCUT2D eigenvalue weighted by atomic mass is 10.2. The number of thioether (sulfide) groups is 1. The second kappa shape index (κ2) is 5.95. The molecule has 2 aromatic rings. The number of thiophene rings is 1. The van der Waals surface area contributed by atoms with Crippen molar-refractivity contribution in [2.45, 2.75) is 18.6 Å². The quantitative estimate of drug-likeness (QED) is 0.848. The Labute approximate surface area is 135 Å². The second-order valence-electron chi connectivity index (χ2n) is 5.13. The molecule has 0 aliphatic carbocycles. The summed E-state index contributed by atoms with van der Waals surface area (Å²) in [5, 5.41) is 3.89. The third-order valence-corrected chi connectivity index (χ3v) is 6.05. The molecule has 0 aliphatic heterocycles. The normalized spacial score (nSPS) is 11.8. The minimum absolute atomic E-state index is 0.0180. The Balaban J connectivity index is 2.25. The summed E-state index contributed by atoms with van der Waals surface area (Å²) < 4.78 is 2.01. The van der Waals surface area contributed by atoms with E-state index in [0.29, 0.717) is 17.1 Å². The second-order valence-corrected chi connectivity index (χ2v) is 8.61. The van der Waals surface area contributed by atoms with E-state index in [1.165, 1.54) is 11.3 Å². The van der Waals surface area contributed by atoms with Gasteiger partial charge in [-0.25, -0.2) is 0 Å². The van der Waals surface area contributed by atoms with Gasteiger partial charge < -0.3 is 11.1 Å². The van der Waals surface area contributed by atoms with Crippen LogP contribution in [0.1, 0.15) is 23.5 Å². The summed E-state index contributed by atoms with van der Waals surface area (Å²) in [7, 11) is 0. The van der Waals surface area contributed by atoms with Gasteiger partial charge >= 0.3 is 0 Å².